The third kappa shape index (κ3) is 5.48. The zero-order valence-electron chi connectivity index (χ0n) is 20.3. The van der Waals surface area contributed by atoms with Gasteiger partial charge in [-0.15, -0.1) is 0 Å². The lowest BCUT2D eigenvalue weighted by Crippen LogP contribution is -2.07. The highest BCUT2D eigenvalue weighted by Gasteiger charge is 2.12. The summed E-state index contributed by atoms with van der Waals surface area (Å²) in [5, 5.41) is 3.71. The predicted octanol–water partition coefficient (Wildman–Crippen LogP) is 9.23. The fourth-order valence-corrected chi connectivity index (χ4v) is 4.32. The van der Waals surface area contributed by atoms with E-state index in [2.05, 4.69) is 36.3 Å². The van der Waals surface area contributed by atoms with Crippen molar-refractivity contribution in [3.05, 3.63) is 100 Å². The molecule has 3 aromatic carbocycles. The maximum atomic E-state index is 12.4. The quantitative estimate of drug-likeness (QED) is 0.213. The number of nitrogens with one attached hydrogen (secondary N) is 1. The Bertz CT molecular complexity index is 1600. The number of benzene rings is 3. The van der Waals surface area contributed by atoms with E-state index in [1.54, 1.807) is 30.3 Å². The SMILES string of the molecule is CCC(C)c1ccc2oc(-c3ccc(NC(=O)C=Cc4ccc(-c5cccc(Cl)c5Cl)o4)cc3)nc2c1. The number of rotatable bonds is 7. The van der Waals surface area contributed by atoms with E-state index in [9.17, 15) is 4.79 Å². The Labute approximate surface area is 224 Å². The van der Waals surface area contributed by atoms with Crippen LogP contribution in [0.2, 0.25) is 10.0 Å². The van der Waals surface area contributed by atoms with Crippen LogP contribution < -0.4 is 5.32 Å². The normalized spacial score (nSPS) is 12.3. The molecule has 2 aromatic heterocycles. The van der Waals surface area contributed by atoms with Crippen molar-refractivity contribution in [3.8, 4) is 22.8 Å². The summed E-state index contributed by atoms with van der Waals surface area (Å²) in [7, 11) is 0. The molecule has 2 heterocycles. The van der Waals surface area contributed by atoms with Crippen molar-refractivity contribution in [1.82, 2.24) is 4.98 Å². The van der Waals surface area contributed by atoms with Gasteiger partial charge >= 0.3 is 0 Å². The first-order valence-electron chi connectivity index (χ1n) is 12.0. The average Bonchev–Trinajstić information content (AvgIpc) is 3.56. The fraction of sp³-hybridized carbons (Fsp3) is 0.133. The van der Waals surface area contributed by atoms with Crippen molar-refractivity contribution in [2.24, 2.45) is 0 Å². The van der Waals surface area contributed by atoms with Crippen LogP contribution in [0.25, 0.3) is 40.0 Å². The number of aromatic nitrogens is 1. The topological polar surface area (TPSA) is 68.3 Å². The first-order valence-corrected chi connectivity index (χ1v) is 12.7. The number of carbonyl (C=O) groups excluding carboxylic acids is 1. The number of hydrogen-bond acceptors (Lipinski definition) is 4. The molecule has 0 saturated carbocycles. The van der Waals surface area contributed by atoms with Gasteiger partial charge in [-0.05, 0) is 84.6 Å². The summed E-state index contributed by atoms with van der Waals surface area (Å²) in [6, 6.07) is 22.4. The van der Waals surface area contributed by atoms with E-state index >= 15 is 0 Å². The molecule has 7 heteroatoms. The van der Waals surface area contributed by atoms with Crippen molar-refractivity contribution in [2.75, 3.05) is 5.32 Å². The average molecular weight is 531 g/mol. The summed E-state index contributed by atoms with van der Waals surface area (Å²) in [6.45, 7) is 4.37. The summed E-state index contributed by atoms with van der Waals surface area (Å²) in [5.74, 6) is 1.81. The molecule has 0 radical (unpaired) electrons. The van der Waals surface area contributed by atoms with E-state index < -0.39 is 0 Å². The van der Waals surface area contributed by atoms with E-state index in [0.717, 1.165) is 23.1 Å². The second kappa shape index (κ2) is 10.7. The minimum atomic E-state index is -0.286. The van der Waals surface area contributed by atoms with Gasteiger partial charge in [0.25, 0.3) is 0 Å². The first-order chi connectivity index (χ1) is 17.9. The van der Waals surface area contributed by atoms with Gasteiger partial charge in [0.05, 0.1) is 10.0 Å². The summed E-state index contributed by atoms with van der Waals surface area (Å²) in [4.78, 5) is 17.1. The van der Waals surface area contributed by atoms with E-state index in [0.29, 0.717) is 44.6 Å². The van der Waals surface area contributed by atoms with E-state index in [4.69, 9.17) is 32.0 Å². The number of carbonyl (C=O) groups is 1. The highest BCUT2D eigenvalue weighted by atomic mass is 35.5. The van der Waals surface area contributed by atoms with Crippen LogP contribution in [0.4, 0.5) is 5.69 Å². The van der Waals surface area contributed by atoms with Crippen LogP contribution >= 0.6 is 23.2 Å². The van der Waals surface area contributed by atoms with Gasteiger partial charge in [-0.3, -0.25) is 4.79 Å². The van der Waals surface area contributed by atoms with Crippen LogP contribution in [0.1, 0.15) is 37.5 Å². The third-order valence-electron chi connectivity index (χ3n) is 6.24. The lowest BCUT2D eigenvalue weighted by atomic mass is 9.98. The summed E-state index contributed by atoms with van der Waals surface area (Å²) in [5.41, 5.74) is 5.02. The molecule has 0 aliphatic heterocycles. The van der Waals surface area contributed by atoms with Gasteiger partial charge in [0.1, 0.15) is 17.0 Å². The highest BCUT2D eigenvalue weighted by Crippen LogP contribution is 2.34. The van der Waals surface area contributed by atoms with E-state index in [1.165, 1.54) is 11.6 Å². The van der Waals surface area contributed by atoms with Gasteiger partial charge in [-0.25, -0.2) is 4.98 Å². The molecule has 0 fully saturated rings. The largest absolute Gasteiger partial charge is 0.457 e. The van der Waals surface area contributed by atoms with Crippen molar-refractivity contribution >= 4 is 52.0 Å². The molecule has 186 valence electrons. The molecule has 0 saturated heterocycles. The molecule has 5 nitrogen and oxygen atoms in total. The Kier molecular flexibility index (Phi) is 7.17. The summed E-state index contributed by atoms with van der Waals surface area (Å²) < 4.78 is 11.7. The number of halogens is 2. The van der Waals surface area contributed by atoms with Gasteiger partial charge < -0.3 is 14.2 Å². The third-order valence-corrected chi connectivity index (χ3v) is 7.05. The molecular formula is C30H24Cl2N2O3. The van der Waals surface area contributed by atoms with Gasteiger partial charge in [0.15, 0.2) is 5.58 Å². The van der Waals surface area contributed by atoms with Gasteiger partial charge in [-0.1, -0.05) is 49.2 Å². The maximum Gasteiger partial charge on any atom is 0.248 e. The zero-order valence-corrected chi connectivity index (χ0v) is 21.8. The second-order valence-electron chi connectivity index (χ2n) is 8.76. The van der Waals surface area contributed by atoms with Crippen molar-refractivity contribution in [3.63, 3.8) is 0 Å². The molecule has 1 atom stereocenters. The lowest BCUT2D eigenvalue weighted by Gasteiger charge is -2.07. The van der Waals surface area contributed by atoms with Crippen molar-refractivity contribution < 1.29 is 13.6 Å². The number of fused-ring (bicyclic) bond motifs is 1. The summed E-state index contributed by atoms with van der Waals surface area (Å²) >= 11 is 12.3. The number of hydrogen-bond donors (Lipinski definition) is 1. The maximum absolute atomic E-state index is 12.4. The molecule has 0 spiro atoms. The van der Waals surface area contributed by atoms with Crippen LogP contribution in [0.15, 0.2) is 87.7 Å². The van der Waals surface area contributed by atoms with Gasteiger partial charge in [-0.2, -0.15) is 0 Å². The molecule has 1 unspecified atom stereocenters. The number of amides is 1. The van der Waals surface area contributed by atoms with Crippen LogP contribution in [0.3, 0.4) is 0 Å². The Morgan fingerprint density at radius 3 is 2.62 bits per heavy atom. The standard InChI is InChI=1S/C30H24Cl2N2O3/c1-3-18(2)20-9-14-27-25(17-20)34-30(37-27)19-7-10-21(11-8-19)33-28(35)16-13-22-12-15-26(36-22)23-5-4-6-24(31)29(23)32/h4-18H,3H2,1-2H3,(H,33,35). The predicted molar refractivity (Wildman–Crippen MR) is 150 cm³/mol. The molecule has 0 aliphatic rings. The molecular weight excluding hydrogens is 507 g/mol. The Morgan fingerprint density at radius 1 is 1.03 bits per heavy atom. The second-order valence-corrected chi connectivity index (χ2v) is 9.54. The Hall–Kier alpha value is -3.80. The molecule has 0 aliphatic carbocycles. The number of nitrogens with zero attached hydrogens (tertiary/aromatic N) is 1. The molecule has 1 N–H and O–H groups in total. The highest BCUT2D eigenvalue weighted by molar-refractivity contribution is 6.43. The summed E-state index contributed by atoms with van der Waals surface area (Å²) in [6.07, 6.45) is 4.07. The Balaban J connectivity index is 1.24. The number of oxazole rings is 1. The molecule has 37 heavy (non-hydrogen) atoms. The van der Waals surface area contributed by atoms with Crippen LogP contribution in [-0.2, 0) is 4.79 Å². The molecule has 5 aromatic rings. The monoisotopic (exact) mass is 530 g/mol. The van der Waals surface area contributed by atoms with Crippen molar-refractivity contribution in [2.45, 2.75) is 26.2 Å². The minimum Gasteiger partial charge on any atom is -0.457 e. The smallest absolute Gasteiger partial charge is 0.248 e. The molecule has 1 amide bonds. The zero-order chi connectivity index (χ0) is 25.9. The Morgan fingerprint density at radius 2 is 1.84 bits per heavy atom. The number of furan rings is 1. The van der Waals surface area contributed by atoms with E-state index in [-0.39, 0.29) is 5.91 Å². The minimum absolute atomic E-state index is 0.286. The molecule has 0 bridgehead atoms. The van der Waals surface area contributed by atoms with Crippen LogP contribution in [0.5, 0.6) is 0 Å². The van der Waals surface area contributed by atoms with E-state index in [1.807, 2.05) is 36.4 Å². The molecule has 5 rings (SSSR count). The fourth-order valence-electron chi connectivity index (χ4n) is 3.93. The van der Waals surface area contributed by atoms with Gasteiger partial charge in [0, 0.05) is 22.9 Å². The lowest BCUT2D eigenvalue weighted by molar-refractivity contribution is -0.111. The first kappa shape index (κ1) is 24.9. The van der Waals surface area contributed by atoms with Crippen LogP contribution in [0, 0.1) is 0 Å². The number of anilines is 1. The van der Waals surface area contributed by atoms with Crippen LogP contribution in [-0.4, -0.2) is 10.9 Å². The van der Waals surface area contributed by atoms with Crippen molar-refractivity contribution in [1.29, 1.82) is 0 Å². The van der Waals surface area contributed by atoms with Gasteiger partial charge in [0.2, 0.25) is 11.8 Å².